The van der Waals surface area contributed by atoms with E-state index in [1.165, 1.54) is 5.56 Å². The Bertz CT molecular complexity index is 735. The third-order valence-electron chi connectivity index (χ3n) is 4.25. The van der Waals surface area contributed by atoms with Crippen molar-refractivity contribution < 1.29 is 14.2 Å². The molecular formula is C22H31N3O3. The van der Waals surface area contributed by atoms with E-state index < -0.39 is 0 Å². The number of benzene rings is 2. The maximum Gasteiger partial charge on any atom is 0.193 e. The van der Waals surface area contributed by atoms with E-state index in [9.17, 15) is 0 Å². The molecule has 0 aliphatic rings. The summed E-state index contributed by atoms with van der Waals surface area (Å²) in [5.74, 6) is 3.23. The molecule has 6 nitrogen and oxygen atoms in total. The van der Waals surface area contributed by atoms with Gasteiger partial charge in [-0.15, -0.1) is 0 Å². The van der Waals surface area contributed by atoms with Crippen LogP contribution in [0.4, 0.5) is 0 Å². The molecule has 0 aromatic heterocycles. The first kappa shape index (κ1) is 21.4. The maximum absolute atomic E-state index is 5.71. The zero-order chi connectivity index (χ0) is 20.2. The highest BCUT2D eigenvalue weighted by atomic mass is 16.5. The molecule has 1 N–H and O–H groups in total. The van der Waals surface area contributed by atoms with E-state index in [1.54, 1.807) is 14.2 Å². The lowest BCUT2D eigenvalue weighted by atomic mass is 10.1. The van der Waals surface area contributed by atoms with Gasteiger partial charge >= 0.3 is 0 Å². The van der Waals surface area contributed by atoms with Gasteiger partial charge in [-0.2, -0.15) is 0 Å². The Hall–Kier alpha value is -2.89. The van der Waals surface area contributed by atoms with Crippen molar-refractivity contribution in [1.29, 1.82) is 0 Å². The minimum Gasteiger partial charge on any atom is -0.493 e. The van der Waals surface area contributed by atoms with Crippen molar-refractivity contribution in [3.8, 4) is 17.2 Å². The van der Waals surface area contributed by atoms with Crippen LogP contribution in [-0.2, 0) is 6.42 Å². The molecule has 0 spiro atoms. The summed E-state index contributed by atoms with van der Waals surface area (Å²) in [5, 5.41) is 3.33. The number of methoxy groups -OCH3 is 2. The van der Waals surface area contributed by atoms with E-state index in [4.69, 9.17) is 14.2 Å². The van der Waals surface area contributed by atoms with Crippen LogP contribution in [0.5, 0.6) is 17.2 Å². The molecule has 2 aromatic rings. The summed E-state index contributed by atoms with van der Waals surface area (Å²) in [6.45, 7) is 4.86. The molecule has 152 valence electrons. The summed E-state index contributed by atoms with van der Waals surface area (Å²) in [7, 11) is 5.34. The number of para-hydroxylation sites is 1. The lowest BCUT2D eigenvalue weighted by Crippen LogP contribution is -2.40. The first-order valence-corrected chi connectivity index (χ1v) is 9.56. The van der Waals surface area contributed by atoms with Gasteiger partial charge in [0.1, 0.15) is 12.4 Å². The Balaban J connectivity index is 1.88. The van der Waals surface area contributed by atoms with Gasteiger partial charge in [-0.1, -0.05) is 24.3 Å². The average Bonchev–Trinajstić information content (AvgIpc) is 2.74. The molecule has 0 saturated heterocycles. The normalized spacial score (nSPS) is 11.1. The van der Waals surface area contributed by atoms with Crippen molar-refractivity contribution in [3.63, 3.8) is 0 Å². The van der Waals surface area contributed by atoms with Gasteiger partial charge in [-0.05, 0) is 43.2 Å². The van der Waals surface area contributed by atoms with Gasteiger partial charge in [-0.3, -0.25) is 0 Å². The molecule has 0 unspecified atom stereocenters. The monoisotopic (exact) mass is 385 g/mol. The SMILES string of the molecule is CCNC(=NCCOc1ccccc1)N(C)CCc1ccc(OC)c(OC)c1. The lowest BCUT2D eigenvalue weighted by molar-refractivity contribution is 0.327. The third-order valence-corrected chi connectivity index (χ3v) is 4.25. The second kappa shape index (κ2) is 11.7. The van der Waals surface area contributed by atoms with Crippen LogP contribution in [0.1, 0.15) is 12.5 Å². The van der Waals surface area contributed by atoms with Crippen molar-refractivity contribution in [2.75, 3.05) is 47.5 Å². The average molecular weight is 386 g/mol. The Morgan fingerprint density at radius 3 is 2.46 bits per heavy atom. The van der Waals surface area contributed by atoms with Crippen LogP contribution in [0.2, 0.25) is 0 Å². The van der Waals surface area contributed by atoms with Crippen LogP contribution in [0, 0.1) is 0 Å². The fraction of sp³-hybridized carbons (Fsp3) is 0.409. The number of nitrogens with one attached hydrogen (secondary N) is 1. The largest absolute Gasteiger partial charge is 0.493 e. The van der Waals surface area contributed by atoms with Crippen LogP contribution >= 0.6 is 0 Å². The highest BCUT2D eigenvalue weighted by Gasteiger charge is 2.08. The molecule has 0 fully saturated rings. The summed E-state index contributed by atoms with van der Waals surface area (Å²) in [4.78, 5) is 6.79. The molecule has 0 aliphatic heterocycles. The Kier molecular flexibility index (Phi) is 8.98. The quantitative estimate of drug-likeness (QED) is 0.387. The third kappa shape index (κ3) is 6.68. The molecule has 2 aromatic carbocycles. The first-order valence-electron chi connectivity index (χ1n) is 9.56. The first-order chi connectivity index (χ1) is 13.7. The summed E-state index contributed by atoms with van der Waals surface area (Å²) in [6.07, 6.45) is 0.877. The highest BCUT2D eigenvalue weighted by Crippen LogP contribution is 2.27. The zero-order valence-corrected chi connectivity index (χ0v) is 17.3. The minimum atomic E-state index is 0.544. The van der Waals surface area contributed by atoms with E-state index in [1.807, 2.05) is 49.5 Å². The van der Waals surface area contributed by atoms with Crippen molar-refractivity contribution >= 4 is 5.96 Å². The van der Waals surface area contributed by atoms with Crippen molar-refractivity contribution in [1.82, 2.24) is 10.2 Å². The van der Waals surface area contributed by atoms with E-state index in [2.05, 4.69) is 28.2 Å². The Morgan fingerprint density at radius 1 is 1.04 bits per heavy atom. The van der Waals surface area contributed by atoms with Crippen LogP contribution in [0.3, 0.4) is 0 Å². The van der Waals surface area contributed by atoms with E-state index in [0.717, 1.165) is 42.7 Å². The van der Waals surface area contributed by atoms with Crippen LogP contribution in [0.15, 0.2) is 53.5 Å². The Morgan fingerprint density at radius 2 is 1.79 bits per heavy atom. The minimum absolute atomic E-state index is 0.544. The molecule has 0 aliphatic carbocycles. The summed E-state index contributed by atoms with van der Waals surface area (Å²) in [6, 6.07) is 15.8. The maximum atomic E-state index is 5.71. The van der Waals surface area contributed by atoms with Crippen LogP contribution in [0.25, 0.3) is 0 Å². The Labute approximate surface area is 168 Å². The fourth-order valence-electron chi connectivity index (χ4n) is 2.74. The fourth-order valence-corrected chi connectivity index (χ4v) is 2.74. The van der Waals surface area contributed by atoms with Gasteiger partial charge in [0.15, 0.2) is 17.5 Å². The molecular weight excluding hydrogens is 354 g/mol. The summed E-state index contributed by atoms with van der Waals surface area (Å²) < 4.78 is 16.4. The number of ether oxygens (including phenoxy) is 3. The lowest BCUT2D eigenvalue weighted by Gasteiger charge is -2.22. The number of hydrogen-bond donors (Lipinski definition) is 1. The van der Waals surface area contributed by atoms with Crippen LogP contribution < -0.4 is 19.5 Å². The topological polar surface area (TPSA) is 55.3 Å². The molecule has 0 atom stereocenters. The number of rotatable bonds is 10. The van der Waals surface area contributed by atoms with E-state index in [0.29, 0.717) is 13.2 Å². The number of hydrogen-bond acceptors (Lipinski definition) is 4. The predicted octanol–water partition coefficient (Wildman–Crippen LogP) is 3.22. The van der Waals surface area contributed by atoms with Gasteiger partial charge in [0.25, 0.3) is 0 Å². The van der Waals surface area contributed by atoms with E-state index >= 15 is 0 Å². The number of likely N-dealkylation sites (N-methyl/N-ethyl adjacent to an activating group) is 1. The molecule has 0 heterocycles. The molecule has 0 bridgehead atoms. The number of nitrogens with zero attached hydrogens (tertiary/aromatic N) is 2. The molecule has 0 saturated carbocycles. The smallest absolute Gasteiger partial charge is 0.193 e. The van der Waals surface area contributed by atoms with Crippen molar-refractivity contribution in [2.24, 2.45) is 4.99 Å². The van der Waals surface area contributed by atoms with Gasteiger partial charge in [0.05, 0.1) is 20.8 Å². The van der Waals surface area contributed by atoms with Gasteiger partial charge in [0, 0.05) is 20.1 Å². The summed E-state index contributed by atoms with van der Waals surface area (Å²) >= 11 is 0. The second-order valence-electron chi connectivity index (χ2n) is 6.26. The van der Waals surface area contributed by atoms with Gasteiger partial charge in [0.2, 0.25) is 0 Å². The molecule has 2 rings (SSSR count). The second-order valence-corrected chi connectivity index (χ2v) is 6.26. The van der Waals surface area contributed by atoms with Crippen LogP contribution in [-0.4, -0.2) is 58.4 Å². The molecule has 0 amide bonds. The predicted molar refractivity (Wildman–Crippen MR) is 114 cm³/mol. The number of guanidine groups is 1. The number of aliphatic imine (C=N–C) groups is 1. The molecule has 28 heavy (non-hydrogen) atoms. The molecule has 6 heteroatoms. The van der Waals surface area contributed by atoms with Gasteiger partial charge in [-0.25, -0.2) is 4.99 Å². The van der Waals surface area contributed by atoms with E-state index in [-0.39, 0.29) is 0 Å². The highest BCUT2D eigenvalue weighted by molar-refractivity contribution is 5.79. The standard InChI is InChI=1S/C22H31N3O3/c1-5-23-22(24-14-16-28-19-9-7-6-8-10-19)25(2)15-13-18-11-12-20(26-3)21(17-18)27-4/h6-12,17H,5,13-16H2,1-4H3,(H,23,24). The van der Waals surface area contributed by atoms with Crippen molar-refractivity contribution in [3.05, 3.63) is 54.1 Å². The zero-order valence-electron chi connectivity index (χ0n) is 17.3. The summed E-state index contributed by atoms with van der Waals surface area (Å²) in [5.41, 5.74) is 1.19. The van der Waals surface area contributed by atoms with Crippen molar-refractivity contribution in [2.45, 2.75) is 13.3 Å². The van der Waals surface area contributed by atoms with Gasteiger partial charge < -0.3 is 24.4 Å². The molecule has 0 radical (unpaired) electrons.